The zero-order valence-corrected chi connectivity index (χ0v) is 26.7. The molecule has 3 aliphatic rings. The van der Waals surface area contributed by atoms with E-state index in [2.05, 4.69) is 10.3 Å². The first-order valence-electron chi connectivity index (χ1n) is 15.9. The quantitative estimate of drug-likeness (QED) is 0.243. The molecule has 13 heteroatoms. The maximum absolute atomic E-state index is 14.9. The van der Waals surface area contributed by atoms with E-state index in [0.717, 1.165) is 19.3 Å². The fourth-order valence-corrected chi connectivity index (χ4v) is 6.40. The van der Waals surface area contributed by atoms with E-state index in [0.29, 0.717) is 12.4 Å². The minimum absolute atomic E-state index is 0.0208. The van der Waals surface area contributed by atoms with Crippen molar-refractivity contribution < 1.29 is 32.6 Å². The number of halogens is 3. The summed E-state index contributed by atoms with van der Waals surface area (Å²) in [5.74, 6) is -4.09. The fraction of sp³-hybridized carbons (Fsp3) is 0.400. The second-order valence-electron chi connectivity index (χ2n) is 12.2. The molecule has 2 saturated carbocycles. The van der Waals surface area contributed by atoms with Gasteiger partial charge >= 0.3 is 0 Å². The van der Waals surface area contributed by atoms with Gasteiger partial charge < -0.3 is 14.8 Å². The summed E-state index contributed by atoms with van der Waals surface area (Å²) in [7, 11) is 0. The van der Waals surface area contributed by atoms with Gasteiger partial charge in [0.05, 0.1) is 24.3 Å². The van der Waals surface area contributed by atoms with Gasteiger partial charge in [0, 0.05) is 53.8 Å². The van der Waals surface area contributed by atoms with Gasteiger partial charge in [-0.1, -0.05) is 35.9 Å². The summed E-state index contributed by atoms with van der Waals surface area (Å²) in [6, 6.07) is 14.7. The van der Waals surface area contributed by atoms with Crippen LogP contribution in [0.4, 0.5) is 20.3 Å². The first-order valence-corrected chi connectivity index (χ1v) is 16.3. The number of benzene rings is 2. The number of nitrogens with one attached hydrogen (secondary N) is 1. The Bertz CT molecular complexity index is 1720. The lowest BCUT2D eigenvalue weighted by atomic mass is 9.87. The number of rotatable bonds is 12. The largest absolute Gasteiger partial charge is 0.491 e. The van der Waals surface area contributed by atoms with Crippen LogP contribution >= 0.6 is 11.6 Å². The van der Waals surface area contributed by atoms with Crippen molar-refractivity contribution in [3.05, 3.63) is 83.0 Å². The molecule has 1 aliphatic heterocycles. The average molecular weight is 678 g/mol. The molecule has 0 spiro atoms. The minimum Gasteiger partial charge on any atom is -0.491 e. The molecule has 2 aromatic carbocycles. The normalized spacial score (nSPS) is 19.5. The molecule has 2 aliphatic carbocycles. The van der Waals surface area contributed by atoms with Crippen molar-refractivity contribution in [2.45, 2.75) is 75.1 Å². The van der Waals surface area contributed by atoms with Gasteiger partial charge in [-0.25, -0.2) is 13.8 Å². The van der Waals surface area contributed by atoms with Gasteiger partial charge in [0.2, 0.25) is 11.8 Å². The van der Waals surface area contributed by atoms with Crippen molar-refractivity contribution in [3.8, 4) is 11.8 Å². The molecule has 1 N–H and O–H groups in total. The summed E-state index contributed by atoms with van der Waals surface area (Å²) in [6.07, 6.45) is 3.87. The molecule has 10 nitrogen and oxygen atoms in total. The standard InChI is InChI=1S/C35H34ClF2N5O5/c36-28-10-2-1-9-27(28)32(33(45)41-23-19-35(37,38)20-23)42(24-5-3-8-26(18-24)48-16-15-47-25-6-4-7-25)34(46)29-11-12-31(44)43(29)30-17-22(21-39)13-14-40-30/h1-3,5,8-10,13-14,17-18,23,25,29,32H,4,6-7,11-12,15-16,19-20H2,(H,41,45)/t29-,32-/m0/s1. The Kier molecular flexibility index (Phi) is 9.89. The first kappa shape index (κ1) is 33.3. The van der Waals surface area contributed by atoms with Crippen molar-refractivity contribution in [2.75, 3.05) is 23.0 Å². The summed E-state index contributed by atoms with van der Waals surface area (Å²) in [6.45, 7) is 0.631. The van der Waals surface area contributed by atoms with Gasteiger partial charge in [0.1, 0.15) is 30.3 Å². The Labute approximate surface area is 281 Å². The number of carbonyl (C=O) groups excluding carboxylic acids is 3. The van der Waals surface area contributed by atoms with E-state index in [9.17, 15) is 28.4 Å². The zero-order chi connectivity index (χ0) is 33.8. The third-order valence-electron chi connectivity index (χ3n) is 8.85. The number of pyridine rings is 1. The van der Waals surface area contributed by atoms with Crippen LogP contribution in [0.1, 0.15) is 62.1 Å². The Morgan fingerprint density at radius 3 is 2.60 bits per heavy atom. The van der Waals surface area contributed by atoms with Gasteiger partial charge in [0.15, 0.2) is 0 Å². The number of nitriles is 1. The van der Waals surface area contributed by atoms with E-state index in [1.54, 1.807) is 48.5 Å². The Balaban J connectivity index is 1.38. The van der Waals surface area contributed by atoms with Crippen LogP contribution < -0.4 is 19.9 Å². The highest BCUT2D eigenvalue weighted by Crippen LogP contribution is 2.40. The molecule has 0 radical (unpaired) electrons. The number of nitrogens with zero attached hydrogens (tertiary/aromatic N) is 4. The lowest BCUT2D eigenvalue weighted by molar-refractivity contribution is -0.133. The van der Waals surface area contributed by atoms with Crippen LogP contribution in [0.2, 0.25) is 5.02 Å². The topological polar surface area (TPSA) is 125 Å². The maximum atomic E-state index is 14.9. The number of ether oxygens (including phenoxy) is 2. The third-order valence-corrected chi connectivity index (χ3v) is 9.20. The van der Waals surface area contributed by atoms with Crippen LogP contribution in [0.25, 0.3) is 0 Å². The molecule has 1 aromatic heterocycles. The van der Waals surface area contributed by atoms with E-state index in [1.165, 1.54) is 28.1 Å². The van der Waals surface area contributed by atoms with Gasteiger partial charge in [0.25, 0.3) is 11.8 Å². The van der Waals surface area contributed by atoms with E-state index in [1.807, 2.05) is 6.07 Å². The number of carbonyl (C=O) groups is 3. The second kappa shape index (κ2) is 14.3. The number of amides is 3. The third kappa shape index (κ3) is 7.27. The van der Waals surface area contributed by atoms with Crippen LogP contribution in [-0.4, -0.2) is 60.0 Å². The number of aromatic nitrogens is 1. The van der Waals surface area contributed by atoms with E-state index in [4.69, 9.17) is 21.1 Å². The van der Waals surface area contributed by atoms with Crippen LogP contribution in [0.5, 0.6) is 5.75 Å². The summed E-state index contributed by atoms with van der Waals surface area (Å²) in [4.78, 5) is 49.0. The highest BCUT2D eigenvalue weighted by molar-refractivity contribution is 6.31. The van der Waals surface area contributed by atoms with Crippen LogP contribution in [-0.2, 0) is 19.1 Å². The number of anilines is 2. The van der Waals surface area contributed by atoms with E-state index in [-0.39, 0.29) is 59.1 Å². The van der Waals surface area contributed by atoms with Gasteiger partial charge in [-0.2, -0.15) is 5.26 Å². The molecule has 0 bridgehead atoms. The predicted molar refractivity (Wildman–Crippen MR) is 173 cm³/mol. The van der Waals surface area contributed by atoms with Crippen molar-refractivity contribution in [2.24, 2.45) is 0 Å². The fourth-order valence-electron chi connectivity index (χ4n) is 6.16. The van der Waals surface area contributed by atoms with Crippen LogP contribution in [0.3, 0.4) is 0 Å². The molecule has 6 rings (SSSR count). The molecular formula is C35H34ClF2N5O5. The number of hydrogen-bond acceptors (Lipinski definition) is 7. The summed E-state index contributed by atoms with van der Waals surface area (Å²) in [5, 5.41) is 12.3. The smallest absolute Gasteiger partial charge is 0.252 e. The predicted octanol–water partition coefficient (Wildman–Crippen LogP) is 5.74. The molecule has 2 heterocycles. The van der Waals surface area contributed by atoms with Gasteiger partial charge in [-0.05, 0) is 56.0 Å². The Hall–Kier alpha value is -4.60. The van der Waals surface area contributed by atoms with E-state index < -0.39 is 48.7 Å². The second-order valence-corrected chi connectivity index (χ2v) is 12.6. The van der Waals surface area contributed by atoms with Gasteiger partial charge in [-0.15, -0.1) is 0 Å². The minimum atomic E-state index is -2.89. The summed E-state index contributed by atoms with van der Waals surface area (Å²) < 4.78 is 39.3. The van der Waals surface area contributed by atoms with Crippen molar-refractivity contribution in [1.29, 1.82) is 5.26 Å². The zero-order valence-electron chi connectivity index (χ0n) is 26.0. The van der Waals surface area contributed by atoms with Crippen LogP contribution in [0, 0.1) is 11.3 Å². The van der Waals surface area contributed by atoms with Crippen molar-refractivity contribution >= 4 is 40.8 Å². The molecule has 3 amide bonds. The molecule has 3 aromatic rings. The highest BCUT2D eigenvalue weighted by Gasteiger charge is 2.48. The monoisotopic (exact) mass is 677 g/mol. The van der Waals surface area contributed by atoms with Crippen LogP contribution in [0.15, 0.2) is 66.9 Å². The molecule has 250 valence electrons. The summed E-state index contributed by atoms with van der Waals surface area (Å²) >= 11 is 6.65. The molecule has 2 atom stereocenters. The molecule has 48 heavy (non-hydrogen) atoms. The lowest BCUT2D eigenvalue weighted by Gasteiger charge is -2.39. The Morgan fingerprint density at radius 2 is 1.90 bits per heavy atom. The average Bonchev–Trinajstić information content (AvgIpc) is 3.43. The Morgan fingerprint density at radius 1 is 1.10 bits per heavy atom. The molecule has 0 unspecified atom stereocenters. The maximum Gasteiger partial charge on any atom is 0.252 e. The van der Waals surface area contributed by atoms with Crippen molar-refractivity contribution in [1.82, 2.24) is 10.3 Å². The number of hydrogen-bond donors (Lipinski definition) is 1. The highest BCUT2D eigenvalue weighted by atomic mass is 35.5. The molecule has 1 saturated heterocycles. The molecular weight excluding hydrogens is 644 g/mol. The van der Waals surface area contributed by atoms with E-state index >= 15 is 0 Å². The molecule has 3 fully saturated rings. The number of alkyl halides is 2. The van der Waals surface area contributed by atoms with Gasteiger partial charge in [-0.3, -0.25) is 24.2 Å². The van der Waals surface area contributed by atoms with Crippen molar-refractivity contribution in [3.63, 3.8) is 0 Å². The lowest BCUT2D eigenvalue weighted by Crippen LogP contribution is -2.56. The SMILES string of the molecule is N#Cc1ccnc(N2C(=O)CC[C@H]2C(=O)N(c2cccc(OCCOC3CCC3)c2)[C@H](C(=O)NC2CC(F)(F)C2)c2ccccc2Cl)c1. The first-order chi connectivity index (χ1) is 23.1. The summed E-state index contributed by atoms with van der Waals surface area (Å²) in [5.41, 5.74) is 0.769.